The molecule has 0 saturated carbocycles. The molecule has 0 radical (unpaired) electrons. The van der Waals surface area contributed by atoms with Crippen LogP contribution in [0.1, 0.15) is 11.1 Å². The van der Waals surface area contributed by atoms with Crippen LogP contribution in [0, 0.1) is 18.3 Å². The Kier molecular flexibility index (Phi) is 6.94. The molecule has 0 spiro atoms. The topological polar surface area (TPSA) is 105 Å². The number of rotatable bonds is 8. The van der Waals surface area contributed by atoms with Gasteiger partial charge in [-0.05, 0) is 68.5 Å². The molecule has 5 rings (SSSR count). The van der Waals surface area contributed by atoms with Gasteiger partial charge in [0.25, 0.3) is 0 Å². The number of thiophene rings is 1. The molecule has 0 bridgehead atoms. The molecular formula is C28H28N6O2S2. The van der Waals surface area contributed by atoms with E-state index in [1.807, 2.05) is 61.6 Å². The minimum atomic E-state index is -3.57. The van der Waals surface area contributed by atoms with E-state index in [4.69, 9.17) is 0 Å². The Labute approximate surface area is 226 Å². The van der Waals surface area contributed by atoms with Gasteiger partial charge >= 0.3 is 0 Å². The predicted molar refractivity (Wildman–Crippen MR) is 154 cm³/mol. The molecule has 194 valence electrons. The molecule has 3 heterocycles. The van der Waals surface area contributed by atoms with E-state index in [2.05, 4.69) is 28.3 Å². The van der Waals surface area contributed by atoms with Crippen molar-refractivity contribution in [1.82, 2.24) is 19.2 Å². The Morgan fingerprint density at radius 3 is 2.53 bits per heavy atom. The zero-order valence-electron chi connectivity index (χ0n) is 21.6. The van der Waals surface area contributed by atoms with Crippen molar-refractivity contribution in [3.63, 3.8) is 0 Å². The highest BCUT2D eigenvalue weighted by molar-refractivity contribution is 7.89. The summed E-state index contributed by atoms with van der Waals surface area (Å²) in [5.74, 6) is 0. The van der Waals surface area contributed by atoms with Gasteiger partial charge in [0.15, 0.2) is 0 Å². The van der Waals surface area contributed by atoms with Gasteiger partial charge in [0.1, 0.15) is 10.9 Å². The summed E-state index contributed by atoms with van der Waals surface area (Å²) < 4.78 is 27.3. The molecule has 2 N–H and O–H groups in total. The van der Waals surface area contributed by atoms with Gasteiger partial charge in [-0.25, -0.2) is 13.4 Å². The van der Waals surface area contributed by atoms with E-state index >= 15 is 0 Å². The first-order valence-corrected chi connectivity index (χ1v) is 14.3. The maximum atomic E-state index is 13.0. The van der Waals surface area contributed by atoms with Crippen molar-refractivity contribution in [1.29, 1.82) is 5.26 Å². The number of hydrogen-bond acceptors (Lipinski definition) is 7. The summed E-state index contributed by atoms with van der Waals surface area (Å²) in [6.07, 6.45) is 3.50. The van der Waals surface area contributed by atoms with Gasteiger partial charge in [0, 0.05) is 59.4 Å². The van der Waals surface area contributed by atoms with E-state index in [1.54, 1.807) is 25.4 Å². The van der Waals surface area contributed by atoms with Crippen LogP contribution in [0.25, 0.3) is 31.6 Å². The Morgan fingerprint density at radius 1 is 1.05 bits per heavy atom. The molecule has 2 aromatic carbocycles. The molecular weight excluding hydrogens is 516 g/mol. The molecule has 0 fully saturated rings. The van der Waals surface area contributed by atoms with Crippen LogP contribution in [0.3, 0.4) is 0 Å². The van der Waals surface area contributed by atoms with Gasteiger partial charge in [-0.3, -0.25) is 0 Å². The van der Waals surface area contributed by atoms with E-state index in [0.717, 1.165) is 42.8 Å². The number of likely N-dealkylation sites (N-methyl/N-ethyl adjacent to an activating group) is 2. The minimum Gasteiger partial charge on any atom is -0.361 e. The van der Waals surface area contributed by atoms with Gasteiger partial charge in [-0.2, -0.15) is 9.57 Å². The zero-order chi connectivity index (χ0) is 27.0. The number of pyridine rings is 1. The zero-order valence-corrected chi connectivity index (χ0v) is 23.2. The maximum Gasteiger partial charge on any atom is 0.242 e. The number of H-pyrrole nitrogens is 1. The SMILES string of the molecule is Cc1c(Nc2c(C#N)cnc3sc(-c4ccc(S(=O)(=O)N(C)CCN(C)C)cc4)cc23)ccc2[nH]ccc12. The van der Waals surface area contributed by atoms with Crippen molar-refractivity contribution >= 4 is 53.9 Å². The second-order valence-corrected chi connectivity index (χ2v) is 12.5. The highest BCUT2D eigenvalue weighted by atomic mass is 32.2. The summed E-state index contributed by atoms with van der Waals surface area (Å²) in [6, 6.07) is 17.2. The number of anilines is 2. The fourth-order valence-corrected chi connectivity index (χ4v) is 6.51. The highest BCUT2D eigenvalue weighted by Gasteiger charge is 2.21. The third kappa shape index (κ3) is 4.77. The Bertz CT molecular complexity index is 1780. The standard InChI is InChI=1S/C28H28N6O2S2/c1-18-22-11-12-30-25(22)10-9-24(18)32-27-20(16-29)17-31-28-23(27)15-26(37-28)19-5-7-21(8-6-19)38(35,36)34(4)14-13-33(2)3/h5-12,15,17,30H,13-14H2,1-4H3,(H,31,32). The van der Waals surface area contributed by atoms with Crippen molar-refractivity contribution < 1.29 is 8.42 Å². The first-order chi connectivity index (χ1) is 18.2. The van der Waals surface area contributed by atoms with Crippen LogP contribution < -0.4 is 5.32 Å². The van der Waals surface area contributed by atoms with Crippen molar-refractivity contribution in [3.05, 3.63) is 72.1 Å². The van der Waals surface area contributed by atoms with Gasteiger partial charge in [0.2, 0.25) is 10.0 Å². The number of nitrogens with one attached hydrogen (secondary N) is 2. The number of benzene rings is 2. The van der Waals surface area contributed by atoms with E-state index in [-0.39, 0.29) is 4.90 Å². The number of aromatic amines is 1. The maximum absolute atomic E-state index is 13.0. The van der Waals surface area contributed by atoms with Crippen LogP contribution in [-0.4, -0.2) is 61.8 Å². The summed E-state index contributed by atoms with van der Waals surface area (Å²) in [6.45, 7) is 3.10. The third-order valence-electron chi connectivity index (χ3n) is 6.65. The average molecular weight is 545 g/mol. The molecule has 0 aliphatic heterocycles. The Balaban J connectivity index is 1.48. The monoisotopic (exact) mass is 544 g/mol. The molecule has 10 heteroatoms. The number of aryl methyl sites for hydroxylation is 1. The third-order valence-corrected chi connectivity index (χ3v) is 9.62. The van der Waals surface area contributed by atoms with Gasteiger partial charge in [-0.15, -0.1) is 11.3 Å². The fraction of sp³-hybridized carbons (Fsp3) is 0.214. The largest absolute Gasteiger partial charge is 0.361 e. The first kappa shape index (κ1) is 25.9. The Hall–Kier alpha value is -3.75. The lowest BCUT2D eigenvalue weighted by Gasteiger charge is -2.19. The first-order valence-electron chi connectivity index (χ1n) is 12.1. The summed E-state index contributed by atoms with van der Waals surface area (Å²) in [5.41, 5.74) is 5.11. The van der Waals surface area contributed by atoms with Crippen LogP contribution in [0.5, 0.6) is 0 Å². The minimum absolute atomic E-state index is 0.256. The smallest absolute Gasteiger partial charge is 0.242 e. The van der Waals surface area contributed by atoms with Crippen LogP contribution in [0.15, 0.2) is 65.8 Å². The Morgan fingerprint density at radius 2 is 1.82 bits per heavy atom. The van der Waals surface area contributed by atoms with E-state index < -0.39 is 10.0 Å². The van der Waals surface area contributed by atoms with Gasteiger partial charge in [0.05, 0.1) is 16.1 Å². The van der Waals surface area contributed by atoms with Crippen LogP contribution in [-0.2, 0) is 10.0 Å². The number of nitriles is 1. The summed E-state index contributed by atoms with van der Waals surface area (Å²) in [7, 11) is 1.85. The van der Waals surface area contributed by atoms with Crippen molar-refractivity contribution in [2.75, 3.05) is 39.5 Å². The van der Waals surface area contributed by atoms with Crippen molar-refractivity contribution in [3.8, 4) is 16.5 Å². The lowest BCUT2D eigenvalue weighted by molar-refractivity contribution is 0.358. The molecule has 8 nitrogen and oxygen atoms in total. The molecule has 38 heavy (non-hydrogen) atoms. The lowest BCUT2D eigenvalue weighted by atomic mass is 10.1. The summed E-state index contributed by atoms with van der Waals surface area (Å²) in [4.78, 5) is 11.7. The second-order valence-electron chi connectivity index (χ2n) is 9.44. The van der Waals surface area contributed by atoms with Crippen molar-refractivity contribution in [2.45, 2.75) is 11.8 Å². The highest BCUT2D eigenvalue weighted by Crippen LogP contribution is 2.39. The molecule has 0 atom stereocenters. The van der Waals surface area contributed by atoms with E-state index in [9.17, 15) is 13.7 Å². The average Bonchev–Trinajstić information content (AvgIpc) is 3.57. The number of nitrogens with zero attached hydrogens (tertiary/aromatic N) is 4. The number of sulfonamides is 1. The normalized spacial score (nSPS) is 12.0. The number of fused-ring (bicyclic) bond motifs is 2. The molecule has 0 amide bonds. The van der Waals surface area contributed by atoms with Crippen molar-refractivity contribution in [2.24, 2.45) is 0 Å². The number of aromatic nitrogens is 2. The predicted octanol–water partition coefficient (Wildman–Crippen LogP) is 5.55. The van der Waals surface area contributed by atoms with Crippen LogP contribution >= 0.6 is 11.3 Å². The van der Waals surface area contributed by atoms with E-state index in [0.29, 0.717) is 24.3 Å². The molecule has 0 aliphatic rings. The summed E-state index contributed by atoms with van der Waals surface area (Å²) in [5, 5.41) is 15.3. The fourth-order valence-electron chi connectivity index (χ4n) is 4.34. The van der Waals surface area contributed by atoms with Crippen LogP contribution in [0.4, 0.5) is 11.4 Å². The van der Waals surface area contributed by atoms with Gasteiger partial charge < -0.3 is 15.2 Å². The quantitative estimate of drug-likeness (QED) is 0.265. The molecule has 0 aliphatic carbocycles. The molecule has 0 unspecified atom stereocenters. The van der Waals surface area contributed by atoms with Crippen LogP contribution in [0.2, 0.25) is 0 Å². The lowest BCUT2D eigenvalue weighted by Crippen LogP contribution is -2.33. The second kappa shape index (κ2) is 10.2. The van der Waals surface area contributed by atoms with Gasteiger partial charge in [-0.1, -0.05) is 12.1 Å². The summed E-state index contributed by atoms with van der Waals surface area (Å²) >= 11 is 1.50. The number of hydrogen-bond donors (Lipinski definition) is 2. The molecule has 3 aromatic heterocycles. The molecule has 0 saturated heterocycles. The van der Waals surface area contributed by atoms with E-state index in [1.165, 1.54) is 15.6 Å². The molecule has 5 aromatic rings.